The van der Waals surface area contributed by atoms with Crippen molar-refractivity contribution in [3.05, 3.63) is 105 Å². The van der Waals surface area contributed by atoms with Gasteiger partial charge in [0.1, 0.15) is 11.3 Å². The van der Waals surface area contributed by atoms with E-state index in [9.17, 15) is 14.4 Å². The number of rotatable bonds is 8. The molecule has 0 radical (unpaired) electrons. The topological polar surface area (TPSA) is 86.0 Å². The molecule has 0 saturated heterocycles. The molecule has 1 amide bonds. The largest absolute Gasteiger partial charge is 0.494 e. The molecular formula is C32H31NO6. The van der Waals surface area contributed by atoms with Gasteiger partial charge < -0.3 is 13.9 Å². The van der Waals surface area contributed by atoms with E-state index < -0.39 is 17.9 Å². The summed E-state index contributed by atoms with van der Waals surface area (Å²) in [6, 6.07) is 18.7. The maximum absolute atomic E-state index is 13.9. The molecule has 1 atom stereocenters. The van der Waals surface area contributed by atoms with Crippen molar-refractivity contribution in [2.45, 2.75) is 40.2 Å². The first kappa shape index (κ1) is 26.2. The Morgan fingerprint density at radius 2 is 1.79 bits per heavy atom. The zero-order valence-electron chi connectivity index (χ0n) is 22.5. The summed E-state index contributed by atoms with van der Waals surface area (Å²) in [6.45, 7) is 8.75. The van der Waals surface area contributed by atoms with Crippen molar-refractivity contribution >= 4 is 28.5 Å². The smallest absolute Gasteiger partial charge is 0.338 e. The number of carbonyl (C=O) groups is 2. The van der Waals surface area contributed by atoms with Gasteiger partial charge in [-0.15, -0.1) is 0 Å². The Labute approximate surface area is 227 Å². The van der Waals surface area contributed by atoms with Gasteiger partial charge in [-0.1, -0.05) is 37.6 Å². The minimum Gasteiger partial charge on any atom is -0.494 e. The molecule has 1 aliphatic rings. The molecule has 200 valence electrons. The Bertz CT molecular complexity index is 1600. The van der Waals surface area contributed by atoms with Crippen LogP contribution in [0.25, 0.3) is 11.0 Å². The molecule has 0 saturated carbocycles. The fourth-order valence-electron chi connectivity index (χ4n) is 4.83. The van der Waals surface area contributed by atoms with Crippen LogP contribution in [0.15, 0.2) is 75.9 Å². The number of carbonyl (C=O) groups excluding carboxylic acids is 2. The number of amides is 1. The van der Waals surface area contributed by atoms with Crippen molar-refractivity contribution in [2.24, 2.45) is 5.92 Å². The summed E-state index contributed by atoms with van der Waals surface area (Å²) < 4.78 is 17.2. The molecule has 0 bridgehead atoms. The molecule has 1 aromatic heterocycles. The molecule has 0 N–H and O–H groups in total. The lowest BCUT2D eigenvalue weighted by atomic mass is 9.97. The second-order valence-electron chi connectivity index (χ2n) is 10.1. The molecule has 7 heteroatoms. The van der Waals surface area contributed by atoms with E-state index in [1.54, 1.807) is 48.2 Å². The van der Waals surface area contributed by atoms with Gasteiger partial charge in [-0.3, -0.25) is 14.5 Å². The van der Waals surface area contributed by atoms with Crippen LogP contribution in [0.3, 0.4) is 0 Å². The highest BCUT2D eigenvalue weighted by Crippen LogP contribution is 2.42. The molecule has 0 fully saturated rings. The molecule has 39 heavy (non-hydrogen) atoms. The molecule has 0 spiro atoms. The standard InChI is InChI=1S/C32H31NO6/c1-5-37-32(36)21-10-12-23(13-11-21)33-28(22-7-6-8-24(18-22)38-16-15-19(2)3)27-29(34)25-17-20(4)9-14-26(25)39-30(27)31(33)35/h6-14,17-19,28H,5,15-16H2,1-4H3. The minimum absolute atomic E-state index is 0.0157. The van der Waals surface area contributed by atoms with Crippen LogP contribution in [0.5, 0.6) is 5.75 Å². The van der Waals surface area contributed by atoms with E-state index in [1.165, 1.54) is 0 Å². The number of hydrogen-bond donors (Lipinski definition) is 0. The Morgan fingerprint density at radius 1 is 1.03 bits per heavy atom. The first-order valence-electron chi connectivity index (χ1n) is 13.2. The van der Waals surface area contributed by atoms with Crippen molar-refractivity contribution in [3.8, 4) is 5.75 Å². The summed E-state index contributed by atoms with van der Waals surface area (Å²) in [7, 11) is 0. The molecule has 0 aliphatic carbocycles. The van der Waals surface area contributed by atoms with Gasteiger partial charge >= 0.3 is 5.97 Å². The number of anilines is 1. The highest BCUT2D eigenvalue weighted by atomic mass is 16.5. The Balaban J connectivity index is 1.64. The molecule has 2 heterocycles. The van der Waals surface area contributed by atoms with Crippen LogP contribution in [-0.4, -0.2) is 25.1 Å². The number of aryl methyl sites for hydroxylation is 1. The van der Waals surface area contributed by atoms with Crippen molar-refractivity contribution in [1.29, 1.82) is 0 Å². The molecular weight excluding hydrogens is 494 g/mol. The summed E-state index contributed by atoms with van der Waals surface area (Å²) >= 11 is 0. The molecule has 1 unspecified atom stereocenters. The number of ether oxygens (including phenoxy) is 2. The summed E-state index contributed by atoms with van der Waals surface area (Å²) in [5, 5.41) is 0.426. The molecule has 3 aromatic carbocycles. The van der Waals surface area contributed by atoms with Gasteiger partial charge in [0.15, 0.2) is 5.43 Å². The Kier molecular flexibility index (Phi) is 7.24. The van der Waals surface area contributed by atoms with E-state index in [4.69, 9.17) is 13.9 Å². The van der Waals surface area contributed by atoms with E-state index in [0.717, 1.165) is 17.5 Å². The summed E-state index contributed by atoms with van der Waals surface area (Å²) in [5.41, 5.74) is 2.94. The van der Waals surface area contributed by atoms with Gasteiger partial charge in [0.05, 0.1) is 35.8 Å². The van der Waals surface area contributed by atoms with Gasteiger partial charge in [0, 0.05) is 5.69 Å². The number of benzene rings is 3. The highest BCUT2D eigenvalue weighted by molar-refractivity contribution is 6.10. The Morgan fingerprint density at radius 3 is 2.51 bits per heavy atom. The predicted octanol–water partition coefficient (Wildman–Crippen LogP) is 6.45. The molecule has 5 rings (SSSR count). The lowest BCUT2D eigenvalue weighted by Gasteiger charge is -2.25. The maximum Gasteiger partial charge on any atom is 0.338 e. The van der Waals surface area contributed by atoms with E-state index in [-0.39, 0.29) is 23.4 Å². The van der Waals surface area contributed by atoms with E-state index in [2.05, 4.69) is 13.8 Å². The van der Waals surface area contributed by atoms with Gasteiger partial charge in [0.25, 0.3) is 5.91 Å². The SMILES string of the molecule is CCOC(=O)c1ccc(N2C(=O)c3oc4ccc(C)cc4c(=O)c3C2c2cccc(OCCC(C)C)c2)cc1. The first-order valence-corrected chi connectivity index (χ1v) is 13.2. The zero-order chi connectivity index (χ0) is 27.7. The van der Waals surface area contributed by atoms with E-state index in [0.29, 0.717) is 40.5 Å². The first-order chi connectivity index (χ1) is 18.8. The fourth-order valence-corrected chi connectivity index (χ4v) is 4.83. The van der Waals surface area contributed by atoms with Crippen molar-refractivity contribution in [1.82, 2.24) is 0 Å². The monoisotopic (exact) mass is 525 g/mol. The predicted molar refractivity (Wildman–Crippen MR) is 150 cm³/mol. The second-order valence-corrected chi connectivity index (χ2v) is 10.1. The van der Waals surface area contributed by atoms with Crippen molar-refractivity contribution < 1.29 is 23.5 Å². The number of fused-ring (bicyclic) bond motifs is 2. The van der Waals surface area contributed by atoms with Gasteiger partial charge in [-0.25, -0.2) is 4.79 Å². The van der Waals surface area contributed by atoms with Crippen LogP contribution < -0.4 is 15.1 Å². The molecule has 7 nitrogen and oxygen atoms in total. The van der Waals surface area contributed by atoms with Crippen molar-refractivity contribution in [3.63, 3.8) is 0 Å². The van der Waals surface area contributed by atoms with Gasteiger partial charge in [-0.2, -0.15) is 0 Å². The quantitative estimate of drug-likeness (QED) is 0.246. The fraction of sp³-hybridized carbons (Fsp3) is 0.281. The highest BCUT2D eigenvalue weighted by Gasteiger charge is 2.43. The average Bonchev–Trinajstić information content (AvgIpc) is 3.21. The van der Waals surface area contributed by atoms with Crippen LogP contribution in [0, 0.1) is 12.8 Å². The summed E-state index contributed by atoms with van der Waals surface area (Å²) in [5.74, 6) is 0.308. The maximum atomic E-state index is 13.9. The Hall–Kier alpha value is -4.39. The molecule has 4 aromatic rings. The summed E-state index contributed by atoms with van der Waals surface area (Å²) in [4.78, 5) is 41.5. The normalized spacial score (nSPS) is 14.6. The van der Waals surface area contributed by atoms with Gasteiger partial charge in [-0.05, 0) is 80.3 Å². The van der Waals surface area contributed by atoms with Crippen LogP contribution in [0.4, 0.5) is 5.69 Å². The van der Waals surface area contributed by atoms with Gasteiger partial charge in [0.2, 0.25) is 5.76 Å². The number of esters is 1. The van der Waals surface area contributed by atoms with E-state index in [1.807, 2.05) is 37.3 Å². The van der Waals surface area contributed by atoms with Crippen LogP contribution in [0.1, 0.15) is 70.8 Å². The lowest BCUT2D eigenvalue weighted by Crippen LogP contribution is -2.29. The third-order valence-electron chi connectivity index (χ3n) is 6.82. The lowest BCUT2D eigenvalue weighted by molar-refractivity contribution is 0.0526. The third kappa shape index (κ3) is 5.04. The zero-order valence-corrected chi connectivity index (χ0v) is 22.5. The number of hydrogen-bond acceptors (Lipinski definition) is 6. The minimum atomic E-state index is -0.740. The van der Waals surface area contributed by atoms with Crippen LogP contribution in [-0.2, 0) is 4.74 Å². The van der Waals surface area contributed by atoms with Crippen LogP contribution >= 0.6 is 0 Å². The summed E-state index contributed by atoms with van der Waals surface area (Å²) in [6.07, 6.45) is 0.906. The average molecular weight is 526 g/mol. The van der Waals surface area contributed by atoms with E-state index >= 15 is 0 Å². The third-order valence-corrected chi connectivity index (χ3v) is 6.82. The number of nitrogens with zero attached hydrogens (tertiary/aromatic N) is 1. The second kappa shape index (κ2) is 10.8. The van der Waals surface area contributed by atoms with Crippen LogP contribution in [0.2, 0.25) is 0 Å². The molecule has 1 aliphatic heterocycles. The van der Waals surface area contributed by atoms with Crippen molar-refractivity contribution in [2.75, 3.05) is 18.1 Å².